The summed E-state index contributed by atoms with van der Waals surface area (Å²) in [4.78, 5) is 0. The molecule has 0 amide bonds. The van der Waals surface area contributed by atoms with Crippen LogP contribution < -0.4 is 0 Å². The average Bonchev–Trinajstić information content (AvgIpc) is 2.33. The van der Waals surface area contributed by atoms with Crippen molar-refractivity contribution in [2.24, 2.45) is 0 Å². The van der Waals surface area contributed by atoms with Gasteiger partial charge in [-0.05, 0) is 41.8 Å². The number of halogens is 3. The number of rotatable bonds is 2. The largest absolute Gasteiger partial charge is 0.113 e. The third-order valence-corrected chi connectivity index (χ3v) is 4.28. The lowest BCUT2D eigenvalue weighted by atomic mass is 10.0. The molecule has 0 fully saturated rings. The summed E-state index contributed by atoms with van der Waals surface area (Å²) in [6, 6.07) is 13.8. The minimum atomic E-state index is -0.140. The van der Waals surface area contributed by atoms with Gasteiger partial charge < -0.3 is 0 Å². The second-order valence-electron chi connectivity index (χ2n) is 3.92. The maximum Gasteiger partial charge on any atom is 0.0835 e. The molecule has 2 aromatic carbocycles. The van der Waals surface area contributed by atoms with Gasteiger partial charge in [0.15, 0.2) is 0 Å². The van der Waals surface area contributed by atoms with Crippen molar-refractivity contribution in [1.82, 2.24) is 0 Å². The van der Waals surface area contributed by atoms with Crippen LogP contribution in [-0.4, -0.2) is 0 Å². The number of benzene rings is 2. The van der Waals surface area contributed by atoms with Gasteiger partial charge in [0.1, 0.15) is 0 Å². The molecule has 0 radical (unpaired) electrons. The topological polar surface area (TPSA) is 0 Å². The lowest BCUT2D eigenvalue weighted by Gasteiger charge is -2.12. The normalized spacial score (nSPS) is 12.5. The van der Waals surface area contributed by atoms with Gasteiger partial charge in [-0.2, -0.15) is 0 Å². The molecule has 1 unspecified atom stereocenters. The molecule has 2 rings (SSSR count). The molecular weight excluding hydrogens is 319 g/mol. The van der Waals surface area contributed by atoms with Crippen LogP contribution in [0.15, 0.2) is 46.9 Å². The Morgan fingerprint density at radius 3 is 2.18 bits per heavy atom. The van der Waals surface area contributed by atoms with Crippen LogP contribution in [0.3, 0.4) is 0 Å². The Morgan fingerprint density at radius 2 is 1.59 bits per heavy atom. The van der Waals surface area contributed by atoms with Gasteiger partial charge in [-0.1, -0.05) is 51.8 Å². The molecule has 0 aromatic heterocycles. The molecule has 0 nitrogen and oxygen atoms in total. The molecule has 3 heteroatoms. The maximum atomic E-state index is 6.45. The van der Waals surface area contributed by atoms with Crippen LogP contribution in [0.4, 0.5) is 0 Å². The van der Waals surface area contributed by atoms with E-state index in [1.165, 1.54) is 5.56 Å². The molecule has 0 aliphatic heterocycles. The van der Waals surface area contributed by atoms with E-state index in [-0.39, 0.29) is 5.38 Å². The molecule has 0 spiro atoms. The fraction of sp³-hybridized carbons (Fsp3) is 0.143. The lowest BCUT2D eigenvalue weighted by molar-refractivity contribution is 1.13. The Kier molecular flexibility index (Phi) is 4.13. The number of alkyl halides is 1. The van der Waals surface area contributed by atoms with Gasteiger partial charge in [0.05, 0.1) is 5.38 Å². The predicted octanol–water partition coefficient (Wildman–Crippen LogP) is 5.74. The van der Waals surface area contributed by atoms with Crippen molar-refractivity contribution in [3.05, 3.63) is 68.7 Å². The second-order valence-corrected chi connectivity index (χ2v) is 5.65. The number of hydrogen-bond acceptors (Lipinski definition) is 0. The third kappa shape index (κ3) is 3.04. The van der Waals surface area contributed by atoms with Crippen LogP contribution >= 0.6 is 39.1 Å². The van der Waals surface area contributed by atoms with Crippen molar-refractivity contribution in [3.63, 3.8) is 0 Å². The smallest absolute Gasteiger partial charge is 0.0835 e. The van der Waals surface area contributed by atoms with Gasteiger partial charge in [0, 0.05) is 9.50 Å². The van der Waals surface area contributed by atoms with Gasteiger partial charge in [-0.3, -0.25) is 0 Å². The van der Waals surface area contributed by atoms with Gasteiger partial charge in [0.2, 0.25) is 0 Å². The van der Waals surface area contributed by atoms with Crippen LogP contribution in [0.25, 0.3) is 0 Å². The summed E-state index contributed by atoms with van der Waals surface area (Å²) in [7, 11) is 0. The van der Waals surface area contributed by atoms with E-state index in [4.69, 9.17) is 23.2 Å². The Hall–Kier alpha value is -0.500. The summed E-state index contributed by atoms with van der Waals surface area (Å²) >= 11 is 15.8. The summed E-state index contributed by atoms with van der Waals surface area (Å²) in [5, 5.41) is 0.587. The van der Waals surface area contributed by atoms with Gasteiger partial charge >= 0.3 is 0 Å². The highest BCUT2D eigenvalue weighted by molar-refractivity contribution is 9.10. The molecule has 0 heterocycles. The first-order chi connectivity index (χ1) is 8.08. The molecule has 1 atom stereocenters. The Morgan fingerprint density at radius 1 is 1.00 bits per heavy atom. The fourth-order valence-electron chi connectivity index (χ4n) is 1.65. The molecule has 0 N–H and O–H groups in total. The first-order valence-electron chi connectivity index (χ1n) is 5.23. The van der Waals surface area contributed by atoms with E-state index in [0.717, 1.165) is 20.6 Å². The Bertz CT molecular complexity index is 520. The highest BCUT2D eigenvalue weighted by Crippen LogP contribution is 2.31. The van der Waals surface area contributed by atoms with Crippen LogP contribution in [0.5, 0.6) is 0 Å². The van der Waals surface area contributed by atoms with E-state index in [1.54, 1.807) is 0 Å². The molecule has 2 aromatic rings. The van der Waals surface area contributed by atoms with E-state index in [1.807, 2.05) is 36.4 Å². The molecule has 88 valence electrons. The van der Waals surface area contributed by atoms with Crippen LogP contribution in [0.1, 0.15) is 22.1 Å². The average molecular weight is 330 g/mol. The molecule has 0 saturated heterocycles. The lowest BCUT2D eigenvalue weighted by Crippen LogP contribution is -1.93. The second kappa shape index (κ2) is 5.43. The minimum Gasteiger partial charge on any atom is -0.113 e. The zero-order valence-corrected chi connectivity index (χ0v) is 12.4. The third-order valence-electron chi connectivity index (χ3n) is 2.64. The summed E-state index contributed by atoms with van der Waals surface area (Å²) in [6.45, 7) is 2.05. The Labute approximate surface area is 120 Å². The molecule has 0 saturated carbocycles. The van der Waals surface area contributed by atoms with Gasteiger partial charge in [-0.25, -0.2) is 0 Å². The monoisotopic (exact) mass is 328 g/mol. The summed E-state index contributed by atoms with van der Waals surface area (Å²) in [5.41, 5.74) is 3.33. The summed E-state index contributed by atoms with van der Waals surface area (Å²) in [6.07, 6.45) is 0. The van der Waals surface area contributed by atoms with Gasteiger partial charge in [0.25, 0.3) is 0 Å². The molecule has 0 bridgehead atoms. The summed E-state index contributed by atoms with van der Waals surface area (Å²) in [5.74, 6) is 0. The van der Waals surface area contributed by atoms with Crippen molar-refractivity contribution in [3.8, 4) is 0 Å². The fourth-order valence-corrected chi connectivity index (χ4v) is 2.30. The van der Waals surface area contributed by atoms with E-state index >= 15 is 0 Å². The van der Waals surface area contributed by atoms with Crippen molar-refractivity contribution >= 4 is 39.1 Å². The van der Waals surface area contributed by atoms with Crippen molar-refractivity contribution in [2.75, 3.05) is 0 Å². The first kappa shape index (κ1) is 12.9. The van der Waals surface area contributed by atoms with Crippen LogP contribution in [0, 0.1) is 6.92 Å². The maximum absolute atomic E-state index is 6.45. The molecule has 0 aliphatic rings. The van der Waals surface area contributed by atoms with Gasteiger partial charge in [-0.15, -0.1) is 11.6 Å². The first-order valence-corrected chi connectivity index (χ1v) is 6.84. The van der Waals surface area contributed by atoms with Crippen LogP contribution in [0.2, 0.25) is 5.02 Å². The minimum absolute atomic E-state index is 0.140. The molecule has 17 heavy (non-hydrogen) atoms. The zero-order chi connectivity index (χ0) is 12.4. The van der Waals surface area contributed by atoms with E-state index < -0.39 is 0 Å². The quantitative estimate of drug-likeness (QED) is 0.616. The number of aryl methyl sites for hydroxylation is 1. The predicted molar refractivity (Wildman–Crippen MR) is 78.0 cm³/mol. The zero-order valence-electron chi connectivity index (χ0n) is 9.25. The van der Waals surface area contributed by atoms with E-state index in [0.29, 0.717) is 0 Å². The van der Waals surface area contributed by atoms with Crippen LogP contribution in [-0.2, 0) is 0 Å². The molecular formula is C14H11BrCl2. The SMILES string of the molecule is Cc1cc(C(Cl)c2ccc(Cl)cc2)ccc1Br. The molecule has 0 aliphatic carbocycles. The summed E-state index contributed by atoms with van der Waals surface area (Å²) < 4.78 is 1.10. The van der Waals surface area contributed by atoms with Crippen molar-refractivity contribution in [1.29, 1.82) is 0 Å². The van der Waals surface area contributed by atoms with Crippen molar-refractivity contribution < 1.29 is 0 Å². The van der Waals surface area contributed by atoms with E-state index in [9.17, 15) is 0 Å². The number of hydrogen-bond donors (Lipinski definition) is 0. The van der Waals surface area contributed by atoms with E-state index in [2.05, 4.69) is 28.9 Å². The standard InChI is InChI=1S/C14H11BrCl2/c1-9-8-11(4-7-13(9)15)14(17)10-2-5-12(16)6-3-10/h2-8,14H,1H3. The highest BCUT2D eigenvalue weighted by atomic mass is 79.9. The highest BCUT2D eigenvalue weighted by Gasteiger charge is 2.11. The Balaban J connectivity index is 2.33. The van der Waals surface area contributed by atoms with Crippen molar-refractivity contribution in [2.45, 2.75) is 12.3 Å².